The molecule has 3 rings (SSSR count). The number of rotatable bonds is 4. The highest BCUT2D eigenvalue weighted by Gasteiger charge is 2.34. The summed E-state index contributed by atoms with van der Waals surface area (Å²) in [5, 5.41) is 2.44. The predicted octanol–water partition coefficient (Wildman–Crippen LogP) is 4.18. The van der Waals surface area contributed by atoms with Crippen molar-refractivity contribution in [1.29, 1.82) is 0 Å². The Morgan fingerprint density at radius 3 is 2.50 bits per heavy atom. The highest BCUT2D eigenvalue weighted by atomic mass is 32.2. The van der Waals surface area contributed by atoms with Gasteiger partial charge >= 0.3 is 12.2 Å². The van der Waals surface area contributed by atoms with Crippen LogP contribution in [-0.4, -0.2) is 37.7 Å². The summed E-state index contributed by atoms with van der Waals surface area (Å²) in [6.45, 7) is 0.347. The van der Waals surface area contributed by atoms with E-state index in [1.807, 2.05) is 0 Å². The third-order valence-corrected chi connectivity index (χ3v) is 6.41. The predicted molar refractivity (Wildman–Crippen MR) is 98.7 cm³/mol. The number of nitrogens with zero attached hydrogens (tertiary/aromatic N) is 1. The third-order valence-electron chi connectivity index (χ3n) is 4.59. The van der Waals surface area contributed by atoms with Crippen LogP contribution in [0.5, 0.6) is 0 Å². The van der Waals surface area contributed by atoms with Crippen molar-refractivity contribution in [3.05, 3.63) is 60.2 Å². The molecule has 1 aliphatic rings. The molecule has 28 heavy (non-hydrogen) atoms. The van der Waals surface area contributed by atoms with Gasteiger partial charge in [-0.05, 0) is 43.2 Å². The summed E-state index contributed by atoms with van der Waals surface area (Å²) >= 11 is 0. The Morgan fingerprint density at radius 1 is 1.11 bits per heavy atom. The number of carbonyl (C=O) groups is 1. The number of benzene rings is 2. The van der Waals surface area contributed by atoms with Crippen LogP contribution in [0.25, 0.3) is 0 Å². The lowest BCUT2D eigenvalue weighted by Gasteiger charge is -2.25. The molecule has 0 bridgehead atoms. The van der Waals surface area contributed by atoms with Crippen LogP contribution < -0.4 is 5.32 Å². The number of anilines is 1. The number of halogens is 3. The van der Waals surface area contributed by atoms with E-state index in [2.05, 4.69) is 5.32 Å². The fraction of sp³-hybridized carbons (Fsp3) is 0.316. The number of hydrogen-bond donors (Lipinski definition) is 1. The van der Waals surface area contributed by atoms with Gasteiger partial charge in [-0.2, -0.15) is 13.2 Å². The molecule has 1 atom stereocenters. The zero-order valence-corrected chi connectivity index (χ0v) is 15.6. The lowest BCUT2D eigenvalue weighted by atomic mass is 10.2. The average molecular weight is 412 g/mol. The minimum Gasteiger partial charge on any atom is -0.321 e. The maximum Gasteiger partial charge on any atom is 0.416 e. The highest BCUT2D eigenvalue weighted by molar-refractivity contribution is 7.91. The van der Waals surface area contributed by atoms with Crippen molar-refractivity contribution in [2.24, 2.45) is 0 Å². The molecule has 0 aromatic heterocycles. The number of likely N-dealkylation sites (tertiary alicyclic amines) is 1. The van der Waals surface area contributed by atoms with Gasteiger partial charge in [-0.1, -0.05) is 24.3 Å². The molecule has 0 unspecified atom stereocenters. The van der Waals surface area contributed by atoms with Crippen molar-refractivity contribution in [2.45, 2.75) is 30.0 Å². The van der Waals surface area contributed by atoms with E-state index >= 15 is 0 Å². The summed E-state index contributed by atoms with van der Waals surface area (Å²) in [7, 11) is -3.58. The van der Waals surface area contributed by atoms with Gasteiger partial charge in [-0.3, -0.25) is 0 Å². The highest BCUT2D eigenvalue weighted by Crippen LogP contribution is 2.31. The van der Waals surface area contributed by atoms with Crippen LogP contribution in [-0.2, 0) is 16.0 Å². The number of alkyl halides is 3. The molecule has 1 N–H and O–H groups in total. The Hall–Kier alpha value is -2.55. The quantitative estimate of drug-likeness (QED) is 0.820. The molecule has 1 heterocycles. The molecule has 2 aromatic rings. The third kappa shape index (κ3) is 4.64. The van der Waals surface area contributed by atoms with Gasteiger partial charge in [0.05, 0.1) is 16.2 Å². The topological polar surface area (TPSA) is 66.5 Å². The first-order chi connectivity index (χ1) is 13.2. The van der Waals surface area contributed by atoms with Crippen molar-refractivity contribution in [1.82, 2.24) is 4.90 Å². The molecule has 0 aliphatic carbocycles. The number of sulfone groups is 1. The van der Waals surface area contributed by atoms with Crippen molar-refractivity contribution in [2.75, 3.05) is 17.6 Å². The molecule has 0 spiro atoms. The Labute approximate surface area is 161 Å². The number of nitrogens with one attached hydrogen (secondary N) is 1. The van der Waals surface area contributed by atoms with E-state index < -0.39 is 33.6 Å². The Bertz CT molecular complexity index is 946. The van der Waals surface area contributed by atoms with Crippen LogP contribution in [0.1, 0.15) is 18.4 Å². The van der Waals surface area contributed by atoms with Gasteiger partial charge in [0.25, 0.3) is 0 Å². The SMILES string of the molecule is O=C(Nc1cccc(C(F)(F)F)c1)N1CCC[C@H]1CS(=O)(=O)c1ccccc1. The summed E-state index contributed by atoms with van der Waals surface area (Å²) in [6, 6.07) is 11.2. The lowest BCUT2D eigenvalue weighted by molar-refractivity contribution is -0.137. The maximum absolute atomic E-state index is 12.8. The molecule has 0 radical (unpaired) electrons. The van der Waals surface area contributed by atoms with E-state index in [0.717, 1.165) is 12.1 Å². The second-order valence-electron chi connectivity index (χ2n) is 6.59. The van der Waals surface area contributed by atoms with E-state index in [0.29, 0.717) is 19.4 Å². The van der Waals surface area contributed by atoms with Crippen LogP contribution in [0.2, 0.25) is 0 Å². The van der Waals surface area contributed by atoms with Gasteiger partial charge in [0.15, 0.2) is 9.84 Å². The van der Waals surface area contributed by atoms with Crippen molar-refractivity contribution >= 4 is 21.6 Å². The monoisotopic (exact) mass is 412 g/mol. The number of hydrogen-bond acceptors (Lipinski definition) is 3. The van der Waals surface area contributed by atoms with Gasteiger partial charge in [-0.25, -0.2) is 13.2 Å². The van der Waals surface area contributed by atoms with Gasteiger partial charge in [-0.15, -0.1) is 0 Å². The Balaban J connectivity index is 1.72. The summed E-state index contributed by atoms with van der Waals surface area (Å²) in [5.74, 6) is -0.229. The fourth-order valence-electron chi connectivity index (χ4n) is 3.22. The summed E-state index contributed by atoms with van der Waals surface area (Å²) in [6.07, 6.45) is -3.37. The summed E-state index contributed by atoms with van der Waals surface area (Å²) in [5.41, 5.74) is -0.855. The van der Waals surface area contributed by atoms with Crippen molar-refractivity contribution in [3.8, 4) is 0 Å². The largest absolute Gasteiger partial charge is 0.416 e. The zero-order chi connectivity index (χ0) is 20.4. The lowest BCUT2D eigenvalue weighted by Crippen LogP contribution is -2.42. The normalized spacial score (nSPS) is 17.5. The van der Waals surface area contributed by atoms with Crippen LogP contribution in [0.15, 0.2) is 59.5 Å². The Morgan fingerprint density at radius 2 is 1.82 bits per heavy atom. The second kappa shape index (κ2) is 7.83. The molecule has 1 saturated heterocycles. The number of amides is 2. The zero-order valence-electron chi connectivity index (χ0n) is 14.8. The van der Waals surface area contributed by atoms with Crippen molar-refractivity contribution in [3.63, 3.8) is 0 Å². The molecular formula is C19H19F3N2O3S. The first-order valence-electron chi connectivity index (χ1n) is 8.69. The first kappa shape index (κ1) is 20.2. The smallest absolute Gasteiger partial charge is 0.321 e. The molecule has 2 aromatic carbocycles. The van der Waals surface area contributed by atoms with Crippen molar-refractivity contribution < 1.29 is 26.4 Å². The van der Waals surface area contributed by atoms with Gasteiger partial charge in [0.1, 0.15) is 0 Å². The molecular weight excluding hydrogens is 393 g/mol. The molecule has 1 aliphatic heterocycles. The van der Waals surface area contributed by atoms with E-state index in [4.69, 9.17) is 0 Å². The maximum atomic E-state index is 12.8. The standard InChI is InChI=1S/C19H19F3N2O3S/c20-19(21,22)14-6-4-7-15(12-14)23-18(25)24-11-5-8-16(24)13-28(26,27)17-9-2-1-3-10-17/h1-4,6-7,9-10,12,16H,5,8,11,13H2,(H,23,25)/t16-/m0/s1. The number of urea groups is 1. The minimum absolute atomic E-state index is 0.0105. The van der Waals surface area contributed by atoms with Crippen LogP contribution >= 0.6 is 0 Å². The van der Waals surface area contributed by atoms with Crippen LogP contribution in [0.3, 0.4) is 0 Å². The fourth-order valence-corrected chi connectivity index (χ4v) is 4.84. The molecule has 2 amide bonds. The molecule has 9 heteroatoms. The van der Waals surface area contributed by atoms with E-state index in [-0.39, 0.29) is 16.3 Å². The molecule has 0 saturated carbocycles. The van der Waals surface area contributed by atoms with Gasteiger partial charge < -0.3 is 10.2 Å². The van der Waals surface area contributed by atoms with E-state index in [9.17, 15) is 26.4 Å². The van der Waals surface area contributed by atoms with Gasteiger partial charge in [0, 0.05) is 18.3 Å². The van der Waals surface area contributed by atoms with Crippen LogP contribution in [0, 0.1) is 0 Å². The summed E-state index contributed by atoms with van der Waals surface area (Å²) < 4.78 is 63.6. The first-order valence-corrected chi connectivity index (χ1v) is 10.3. The van der Waals surface area contributed by atoms with E-state index in [1.165, 1.54) is 29.2 Å². The summed E-state index contributed by atoms with van der Waals surface area (Å²) in [4.78, 5) is 14.1. The minimum atomic E-state index is -4.51. The van der Waals surface area contributed by atoms with E-state index in [1.54, 1.807) is 18.2 Å². The average Bonchev–Trinajstić information content (AvgIpc) is 3.09. The van der Waals surface area contributed by atoms with Gasteiger partial charge in [0.2, 0.25) is 0 Å². The Kier molecular flexibility index (Phi) is 5.64. The molecule has 5 nitrogen and oxygen atoms in total. The molecule has 1 fully saturated rings. The second-order valence-corrected chi connectivity index (χ2v) is 8.63. The molecule has 150 valence electrons. The number of carbonyl (C=O) groups excluding carboxylic acids is 1. The van der Waals surface area contributed by atoms with Crippen LogP contribution in [0.4, 0.5) is 23.7 Å².